The first kappa shape index (κ1) is 12.5. The van der Waals surface area contributed by atoms with Crippen molar-refractivity contribution in [2.45, 2.75) is 77.8 Å². The van der Waals surface area contributed by atoms with Crippen molar-refractivity contribution in [2.24, 2.45) is 0 Å². The molecule has 1 amide bonds. The SMILES string of the molecule is CCCCCC(C)(C)N1C(=O)CCC1C. The number of hydrogen-bond acceptors (Lipinski definition) is 1. The molecule has 0 aromatic rings. The van der Waals surface area contributed by atoms with Crippen LogP contribution in [0.4, 0.5) is 0 Å². The molecule has 1 unspecified atom stereocenters. The van der Waals surface area contributed by atoms with Crippen LogP contribution in [0.25, 0.3) is 0 Å². The smallest absolute Gasteiger partial charge is 0.223 e. The van der Waals surface area contributed by atoms with Crippen molar-refractivity contribution in [3.8, 4) is 0 Å². The second-order valence-corrected chi connectivity index (χ2v) is 5.42. The lowest BCUT2D eigenvalue weighted by Gasteiger charge is -2.39. The molecule has 1 saturated heterocycles. The maximum Gasteiger partial charge on any atom is 0.223 e. The van der Waals surface area contributed by atoms with E-state index in [1.807, 2.05) is 0 Å². The Morgan fingerprint density at radius 3 is 2.53 bits per heavy atom. The van der Waals surface area contributed by atoms with Gasteiger partial charge in [0.2, 0.25) is 5.91 Å². The number of rotatable bonds is 5. The van der Waals surface area contributed by atoms with Gasteiger partial charge in [-0.25, -0.2) is 0 Å². The van der Waals surface area contributed by atoms with Gasteiger partial charge in [-0.15, -0.1) is 0 Å². The molecule has 0 radical (unpaired) electrons. The molecule has 2 nitrogen and oxygen atoms in total. The van der Waals surface area contributed by atoms with Crippen LogP contribution in [0.3, 0.4) is 0 Å². The number of carbonyl (C=O) groups is 1. The fourth-order valence-electron chi connectivity index (χ4n) is 2.69. The van der Waals surface area contributed by atoms with Crippen LogP contribution in [0.2, 0.25) is 0 Å². The number of nitrogens with zero attached hydrogens (tertiary/aromatic N) is 1. The van der Waals surface area contributed by atoms with Crippen LogP contribution < -0.4 is 0 Å². The highest BCUT2D eigenvalue weighted by Crippen LogP contribution is 2.31. The largest absolute Gasteiger partial charge is 0.335 e. The molecule has 1 aliphatic heterocycles. The van der Waals surface area contributed by atoms with E-state index < -0.39 is 0 Å². The second-order valence-electron chi connectivity index (χ2n) is 5.42. The van der Waals surface area contributed by atoms with Crippen LogP contribution in [0.1, 0.15) is 66.2 Å². The van der Waals surface area contributed by atoms with Gasteiger partial charge in [-0.05, 0) is 33.6 Å². The Labute approximate surface area is 94.0 Å². The lowest BCUT2D eigenvalue weighted by atomic mass is 9.94. The Morgan fingerprint density at radius 1 is 1.40 bits per heavy atom. The normalized spacial score (nSPS) is 22.5. The Kier molecular flexibility index (Phi) is 4.18. The molecule has 0 aliphatic carbocycles. The van der Waals surface area contributed by atoms with Gasteiger partial charge in [-0.2, -0.15) is 0 Å². The van der Waals surface area contributed by atoms with Gasteiger partial charge in [0.15, 0.2) is 0 Å². The molecular weight excluding hydrogens is 186 g/mol. The van der Waals surface area contributed by atoms with Crippen molar-refractivity contribution in [2.75, 3.05) is 0 Å². The summed E-state index contributed by atoms with van der Waals surface area (Å²) in [5, 5.41) is 0. The fraction of sp³-hybridized carbons (Fsp3) is 0.923. The van der Waals surface area contributed by atoms with E-state index in [0.29, 0.717) is 11.9 Å². The van der Waals surface area contributed by atoms with Gasteiger partial charge in [0.1, 0.15) is 0 Å². The van der Waals surface area contributed by atoms with E-state index in [-0.39, 0.29) is 5.54 Å². The third-order valence-electron chi connectivity index (χ3n) is 3.53. The molecule has 1 heterocycles. The summed E-state index contributed by atoms with van der Waals surface area (Å²) in [5.41, 5.74) is 0.0577. The van der Waals surface area contributed by atoms with E-state index in [4.69, 9.17) is 0 Å². The third-order valence-corrected chi connectivity index (χ3v) is 3.53. The lowest BCUT2D eigenvalue weighted by Crippen LogP contribution is -2.48. The molecule has 1 rings (SSSR count). The van der Waals surface area contributed by atoms with E-state index in [0.717, 1.165) is 19.3 Å². The van der Waals surface area contributed by atoms with E-state index >= 15 is 0 Å². The summed E-state index contributed by atoms with van der Waals surface area (Å²) < 4.78 is 0. The molecule has 0 aromatic carbocycles. The minimum atomic E-state index is 0.0577. The summed E-state index contributed by atoms with van der Waals surface area (Å²) >= 11 is 0. The Hall–Kier alpha value is -0.530. The van der Waals surface area contributed by atoms with Crippen LogP contribution >= 0.6 is 0 Å². The zero-order chi connectivity index (χ0) is 11.5. The van der Waals surface area contributed by atoms with Crippen LogP contribution in [0, 0.1) is 0 Å². The first-order chi connectivity index (χ1) is 6.99. The molecule has 1 fully saturated rings. The van der Waals surface area contributed by atoms with Gasteiger partial charge >= 0.3 is 0 Å². The van der Waals surface area contributed by atoms with E-state index in [2.05, 4.69) is 32.6 Å². The lowest BCUT2D eigenvalue weighted by molar-refractivity contribution is -0.134. The molecule has 88 valence electrons. The minimum absolute atomic E-state index is 0.0577. The van der Waals surface area contributed by atoms with Gasteiger partial charge < -0.3 is 4.90 Å². The molecule has 2 heteroatoms. The maximum absolute atomic E-state index is 11.8. The highest BCUT2D eigenvalue weighted by atomic mass is 16.2. The third kappa shape index (κ3) is 2.96. The van der Waals surface area contributed by atoms with Crippen molar-refractivity contribution < 1.29 is 4.79 Å². The van der Waals surface area contributed by atoms with Crippen molar-refractivity contribution in [1.82, 2.24) is 4.90 Å². The van der Waals surface area contributed by atoms with Gasteiger partial charge in [-0.3, -0.25) is 4.79 Å². The van der Waals surface area contributed by atoms with Crippen LogP contribution in [0.15, 0.2) is 0 Å². The Balaban J connectivity index is 2.55. The number of unbranched alkanes of at least 4 members (excludes halogenated alkanes) is 2. The van der Waals surface area contributed by atoms with Gasteiger partial charge in [0.25, 0.3) is 0 Å². The zero-order valence-electron chi connectivity index (χ0n) is 10.7. The van der Waals surface area contributed by atoms with Crippen molar-refractivity contribution in [3.63, 3.8) is 0 Å². The summed E-state index contributed by atoms with van der Waals surface area (Å²) in [5.74, 6) is 0.351. The zero-order valence-corrected chi connectivity index (χ0v) is 10.7. The van der Waals surface area contributed by atoms with Crippen molar-refractivity contribution in [1.29, 1.82) is 0 Å². The second kappa shape index (κ2) is 5.00. The van der Waals surface area contributed by atoms with Gasteiger partial charge in [0.05, 0.1) is 0 Å². The average molecular weight is 211 g/mol. The summed E-state index contributed by atoms with van der Waals surface area (Å²) in [6.45, 7) is 8.81. The number of carbonyl (C=O) groups excluding carboxylic acids is 1. The quantitative estimate of drug-likeness (QED) is 0.639. The minimum Gasteiger partial charge on any atom is -0.335 e. The van der Waals surface area contributed by atoms with Gasteiger partial charge in [0, 0.05) is 18.0 Å². The summed E-state index contributed by atoms with van der Waals surface area (Å²) in [4.78, 5) is 13.9. The van der Waals surface area contributed by atoms with Gasteiger partial charge in [-0.1, -0.05) is 26.2 Å². The molecule has 0 N–H and O–H groups in total. The highest BCUT2D eigenvalue weighted by Gasteiger charge is 2.37. The number of amides is 1. The fourth-order valence-corrected chi connectivity index (χ4v) is 2.69. The van der Waals surface area contributed by atoms with E-state index in [1.54, 1.807) is 0 Å². The Bertz CT molecular complexity index is 223. The molecule has 0 bridgehead atoms. The number of hydrogen-bond donors (Lipinski definition) is 0. The maximum atomic E-state index is 11.8. The number of likely N-dealkylation sites (tertiary alicyclic amines) is 1. The predicted octanol–water partition coefficient (Wildman–Crippen LogP) is 3.36. The first-order valence-corrected chi connectivity index (χ1v) is 6.31. The highest BCUT2D eigenvalue weighted by molar-refractivity contribution is 5.79. The predicted molar refractivity (Wildman–Crippen MR) is 63.8 cm³/mol. The average Bonchev–Trinajstić information content (AvgIpc) is 2.46. The van der Waals surface area contributed by atoms with Crippen molar-refractivity contribution >= 4 is 5.91 Å². The molecule has 1 aliphatic rings. The summed E-state index contributed by atoms with van der Waals surface area (Å²) in [7, 11) is 0. The molecular formula is C13H25NO. The molecule has 15 heavy (non-hydrogen) atoms. The van der Waals surface area contributed by atoms with Crippen molar-refractivity contribution in [3.05, 3.63) is 0 Å². The van der Waals surface area contributed by atoms with Crippen LogP contribution in [-0.4, -0.2) is 22.4 Å². The monoisotopic (exact) mass is 211 g/mol. The standard InChI is InChI=1S/C13H25NO/c1-5-6-7-10-13(3,4)14-11(2)8-9-12(14)15/h11H,5-10H2,1-4H3. The van der Waals surface area contributed by atoms with E-state index in [9.17, 15) is 4.79 Å². The van der Waals surface area contributed by atoms with Crippen LogP contribution in [0.5, 0.6) is 0 Å². The summed E-state index contributed by atoms with van der Waals surface area (Å²) in [6, 6.07) is 0.439. The molecule has 0 aromatic heterocycles. The molecule has 1 atom stereocenters. The summed E-state index contributed by atoms with van der Waals surface area (Å²) in [6.07, 6.45) is 6.69. The Morgan fingerprint density at radius 2 is 2.07 bits per heavy atom. The molecule has 0 spiro atoms. The first-order valence-electron chi connectivity index (χ1n) is 6.31. The van der Waals surface area contributed by atoms with Crippen LogP contribution in [-0.2, 0) is 4.79 Å². The topological polar surface area (TPSA) is 20.3 Å². The molecule has 0 saturated carbocycles. The van der Waals surface area contributed by atoms with E-state index in [1.165, 1.54) is 19.3 Å².